The van der Waals surface area contributed by atoms with E-state index in [9.17, 15) is 4.79 Å². The Morgan fingerprint density at radius 1 is 1.33 bits per heavy atom. The molecular formula is C20H22N2O3S2. The van der Waals surface area contributed by atoms with Crippen molar-refractivity contribution in [1.29, 1.82) is 0 Å². The summed E-state index contributed by atoms with van der Waals surface area (Å²) in [5.41, 5.74) is 1.63. The predicted molar refractivity (Wildman–Crippen MR) is 111 cm³/mol. The number of thioether (sulfide) groups is 1. The highest BCUT2D eigenvalue weighted by atomic mass is 32.2. The lowest BCUT2D eigenvalue weighted by Crippen LogP contribution is -2.32. The van der Waals surface area contributed by atoms with Crippen LogP contribution in [0.4, 0.5) is 0 Å². The average molecular weight is 403 g/mol. The molecule has 142 valence electrons. The zero-order valence-electron chi connectivity index (χ0n) is 15.9. The van der Waals surface area contributed by atoms with E-state index in [2.05, 4.69) is 20.8 Å². The van der Waals surface area contributed by atoms with Gasteiger partial charge in [0.2, 0.25) is 0 Å². The summed E-state index contributed by atoms with van der Waals surface area (Å²) in [6.45, 7) is 6.74. The van der Waals surface area contributed by atoms with Crippen LogP contribution in [-0.4, -0.2) is 28.0 Å². The molecule has 0 spiro atoms. The van der Waals surface area contributed by atoms with Gasteiger partial charge in [0.05, 0.1) is 30.4 Å². The maximum atomic E-state index is 13.6. The van der Waals surface area contributed by atoms with Gasteiger partial charge in [-0.1, -0.05) is 18.7 Å². The molecule has 0 amide bonds. The van der Waals surface area contributed by atoms with E-state index in [0.29, 0.717) is 6.61 Å². The summed E-state index contributed by atoms with van der Waals surface area (Å²) in [7, 11) is 1.63. The quantitative estimate of drug-likeness (QED) is 0.478. The fraction of sp³-hybridized carbons (Fsp3) is 0.400. The Bertz CT molecular complexity index is 1050. The smallest absolute Gasteiger partial charge is 0.267 e. The third-order valence-corrected chi connectivity index (χ3v) is 6.60. The maximum Gasteiger partial charge on any atom is 0.267 e. The second-order valence-corrected chi connectivity index (χ2v) is 9.39. The van der Waals surface area contributed by atoms with Gasteiger partial charge in [0.1, 0.15) is 10.6 Å². The molecule has 3 aromatic rings. The van der Waals surface area contributed by atoms with Crippen molar-refractivity contribution < 1.29 is 9.47 Å². The molecule has 0 aliphatic carbocycles. The largest absolute Gasteiger partial charge is 0.497 e. The van der Waals surface area contributed by atoms with Gasteiger partial charge in [-0.25, -0.2) is 4.98 Å². The van der Waals surface area contributed by atoms with Crippen LogP contribution in [0.1, 0.15) is 31.2 Å². The van der Waals surface area contributed by atoms with Gasteiger partial charge in [-0.3, -0.25) is 9.36 Å². The summed E-state index contributed by atoms with van der Waals surface area (Å²) >= 11 is 3.16. The first-order valence-electron chi connectivity index (χ1n) is 8.92. The third kappa shape index (κ3) is 3.28. The van der Waals surface area contributed by atoms with Crippen molar-refractivity contribution in [2.24, 2.45) is 0 Å². The molecule has 0 bridgehead atoms. The van der Waals surface area contributed by atoms with Gasteiger partial charge >= 0.3 is 0 Å². The Hall–Kier alpha value is -1.83. The predicted octanol–water partition coefficient (Wildman–Crippen LogP) is 4.42. The van der Waals surface area contributed by atoms with Crippen LogP contribution in [0.25, 0.3) is 15.9 Å². The molecule has 1 aliphatic rings. The van der Waals surface area contributed by atoms with Gasteiger partial charge in [-0.05, 0) is 49.4 Å². The summed E-state index contributed by atoms with van der Waals surface area (Å²) in [5.74, 6) is 1.60. The molecule has 1 aliphatic heterocycles. The van der Waals surface area contributed by atoms with Crippen LogP contribution in [0.2, 0.25) is 0 Å². The molecule has 4 rings (SSSR count). The number of hydrogen-bond donors (Lipinski definition) is 0. The first-order chi connectivity index (χ1) is 12.9. The van der Waals surface area contributed by atoms with E-state index in [1.165, 1.54) is 0 Å². The number of aromatic nitrogens is 2. The molecule has 7 heteroatoms. The lowest BCUT2D eigenvalue weighted by molar-refractivity contribution is -0.0379. The standard InChI is InChI=1S/C20H22N2O3S2/c1-5-26-19-21-17-16(14-10-20(2,3)25-11-15(14)27-17)18(23)22(19)12-6-8-13(24-4)9-7-12/h6-9H,5,10-11H2,1-4H3. The lowest BCUT2D eigenvalue weighted by atomic mass is 9.94. The van der Waals surface area contributed by atoms with Crippen LogP contribution in [-0.2, 0) is 17.8 Å². The highest BCUT2D eigenvalue weighted by Gasteiger charge is 2.31. The molecule has 0 N–H and O–H groups in total. The van der Waals surface area contributed by atoms with Gasteiger partial charge in [0.25, 0.3) is 5.56 Å². The Morgan fingerprint density at radius 3 is 2.74 bits per heavy atom. The lowest BCUT2D eigenvalue weighted by Gasteiger charge is -2.29. The number of fused-ring (bicyclic) bond motifs is 3. The van der Waals surface area contributed by atoms with Gasteiger partial charge in [0, 0.05) is 11.3 Å². The number of benzene rings is 1. The second-order valence-electron chi connectivity index (χ2n) is 7.08. The molecule has 2 aromatic heterocycles. The third-order valence-electron chi connectivity index (χ3n) is 4.68. The zero-order chi connectivity index (χ0) is 19.2. The molecule has 5 nitrogen and oxygen atoms in total. The minimum atomic E-state index is -0.269. The van der Waals surface area contributed by atoms with Gasteiger partial charge in [-0.2, -0.15) is 0 Å². The number of rotatable bonds is 4. The van der Waals surface area contributed by atoms with E-state index < -0.39 is 0 Å². The van der Waals surface area contributed by atoms with Crippen LogP contribution in [0.5, 0.6) is 5.75 Å². The normalized spacial score (nSPS) is 15.7. The van der Waals surface area contributed by atoms with E-state index >= 15 is 0 Å². The molecule has 0 saturated carbocycles. The Balaban J connectivity index is 1.97. The molecule has 1 aromatic carbocycles. The molecule has 27 heavy (non-hydrogen) atoms. The monoisotopic (exact) mass is 402 g/mol. The molecule has 0 fully saturated rings. The van der Waals surface area contributed by atoms with E-state index in [-0.39, 0.29) is 11.2 Å². The highest BCUT2D eigenvalue weighted by molar-refractivity contribution is 7.99. The van der Waals surface area contributed by atoms with Crippen LogP contribution < -0.4 is 10.3 Å². The minimum Gasteiger partial charge on any atom is -0.497 e. The van der Waals surface area contributed by atoms with Crippen molar-refractivity contribution in [2.45, 2.75) is 44.6 Å². The number of methoxy groups -OCH3 is 1. The van der Waals surface area contributed by atoms with Gasteiger partial charge in [0.15, 0.2) is 5.16 Å². The zero-order valence-corrected chi connectivity index (χ0v) is 17.5. The Labute approximate surface area is 166 Å². The first kappa shape index (κ1) is 18.5. The van der Waals surface area contributed by atoms with Crippen molar-refractivity contribution >= 4 is 33.3 Å². The molecule has 0 radical (unpaired) electrons. The van der Waals surface area contributed by atoms with E-state index in [0.717, 1.165) is 49.4 Å². The van der Waals surface area contributed by atoms with Crippen molar-refractivity contribution in [1.82, 2.24) is 9.55 Å². The molecule has 0 unspecified atom stereocenters. The average Bonchev–Trinajstić information content (AvgIpc) is 2.99. The number of hydrogen-bond acceptors (Lipinski definition) is 6. The summed E-state index contributed by atoms with van der Waals surface area (Å²) in [4.78, 5) is 20.4. The molecule has 0 atom stereocenters. The molecule has 3 heterocycles. The van der Waals surface area contributed by atoms with Crippen LogP contribution in [0.15, 0.2) is 34.2 Å². The van der Waals surface area contributed by atoms with Crippen molar-refractivity contribution in [3.05, 3.63) is 45.1 Å². The number of thiophene rings is 1. The van der Waals surface area contributed by atoms with E-state index in [1.807, 2.05) is 24.3 Å². The van der Waals surface area contributed by atoms with E-state index in [1.54, 1.807) is 34.8 Å². The Morgan fingerprint density at radius 2 is 2.07 bits per heavy atom. The van der Waals surface area contributed by atoms with Crippen molar-refractivity contribution in [2.75, 3.05) is 12.9 Å². The number of ether oxygens (including phenoxy) is 2. The van der Waals surface area contributed by atoms with E-state index in [4.69, 9.17) is 14.5 Å². The van der Waals surface area contributed by atoms with Gasteiger partial charge < -0.3 is 9.47 Å². The number of nitrogens with zero attached hydrogens (tertiary/aromatic N) is 2. The summed E-state index contributed by atoms with van der Waals surface area (Å²) in [6.07, 6.45) is 0.724. The van der Waals surface area contributed by atoms with Crippen molar-refractivity contribution in [3.63, 3.8) is 0 Å². The Kier molecular flexibility index (Phi) is 4.78. The highest BCUT2D eigenvalue weighted by Crippen LogP contribution is 2.37. The first-order valence-corrected chi connectivity index (χ1v) is 10.7. The summed E-state index contributed by atoms with van der Waals surface area (Å²) in [5, 5.41) is 1.46. The molecular weight excluding hydrogens is 380 g/mol. The van der Waals surface area contributed by atoms with Crippen molar-refractivity contribution in [3.8, 4) is 11.4 Å². The van der Waals surface area contributed by atoms with Crippen LogP contribution >= 0.6 is 23.1 Å². The minimum absolute atomic E-state index is 0.00341. The summed E-state index contributed by atoms with van der Waals surface area (Å²) < 4.78 is 12.9. The maximum absolute atomic E-state index is 13.6. The fourth-order valence-corrected chi connectivity index (χ4v) is 5.24. The topological polar surface area (TPSA) is 53.4 Å². The van der Waals surface area contributed by atoms with Crippen LogP contribution in [0, 0.1) is 0 Å². The van der Waals surface area contributed by atoms with Gasteiger partial charge in [-0.15, -0.1) is 11.3 Å². The van der Waals surface area contributed by atoms with Crippen LogP contribution in [0.3, 0.4) is 0 Å². The SMILES string of the molecule is CCSc1nc2sc3c(c2c(=O)n1-c1ccc(OC)cc1)CC(C)(C)OC3. The fourth-order valence-electron chi connectivity index (χ4n) is 3.36. The summed E-state index contributed by atoms with van der Waals surface area (Å²) in [6, 6.07) is 7.54. The second kappa shape index (κ2) is 6.96. The molecule has 0 saturated heterocycles.